The number of carbonyl (C=O) groups excluding carboxylic acids is 1. The minimum atomic E-state index is -0.557. The lowest BCUT2D eigenvalue weighted by molar-refractivity contribution is -0.384. The summed E-state index contributed by atoms with van der Waals surface area (Å²) < 4.78 is 1.03. The van der Waals surface area contributed by atoms with Crippen molar-refractivity contribution in [2.24, 2.45) is 5.10 Å². The van der Waals surface area contributed by atoms with Crippen molar-refractivity contribution in [2.45, 2.75) is 13.0 Å². The number of benzene rings is 2. The van der Waals surface area contributed by atoms with Crippen LogP contribution in [0.3, 0.4) is 0 Å². The monoisotopic (exact) mass is 412 g/mol. The number of fused-ring (bicyclic) bond motifs is 1. The zero-order valence-electron chi connectivity index (χ0n) is 16.1. The van der Waals surface area contributed by atoms with Gasteiger partial charge in [0.05, 0.1) is 21.4 Å². The summed E-state index contributed by atoms with van der Waals surface area (Å²) in [6.45, 7) is 1.70. The zero-order chi connectivity index (χ0) is 21.0. The third-order valence-corrected chi connectivity index (χ3v) is 5.06. The predicted molar refractivity (Wildman–Crippen MR) is 116 cm³/mol. The third-order valence-electron chi connectivity index (χ3n) is 4.09. The van der Waals surface area contributed by atoms with E-state index in [1.54, 1.807) is 38.1 Å². The molecule has 0 fully saturated rings. The molecule has 0 saturated heterocycles. The molecule has 0 unspecified atom stereocenters. The van der Waals surface area contributed by atoms with E-state index in [2.05, 4.69) is 20.8 Å². The first-order valence-corrected chi connectivity index (χ1v) is 9.57. The summed E-state index contributed by atoms with van der Waals surface area (Å²) in [5.41, 5.74) is 4.27. The molecule has 0 aliphatic heterocycles. The van der Waals surface area contributed by atoms with Crippen LogP contribution in [0.25, 0.3) is 10.2 Å². The molecular formula is C19H20N6O3S. The van der Waals surface area contributed by atoms with Crippen molar-refractivity contribution in [3.63, 3.8) is 0 Å². The van der Waals surface area contributed by atoms with Crippen LogP contribution in [0.5, 0.6) is 0 Å². The summed E-state index contributed by atoms with van der Waals surface area (Å²) >= 11 is 1.46. The molecule has 1 heterocycles. The Morgan fingerprint density at radius 2 is 2.07 bits per heavy atom. The molecule has 0 aliphatic carbocycles. The van der Waals surface area contributed by atoms with Gasteiger partial charge in [-0.2, -0.15) is 5.10 Å². The number of hydrogen-bond acceptors (Lipinski definition) is 8. The van der Waals surface area contributed by atoms with Gasteiger partial charge in [-0.1, -0.05) is 29.5 Å². The van der Waals surface area contributed by atoms with E-state index >= 15 is 0 Å². The first kappa shape index (κ1) is 20.2. The van der Waals surface area contributed by atoms with Crippen LogP contribution in [-0.4, -0.2) is 42.2 Å². The number of anilines is 2. The zero-order valence-corrected chi connectivity index (χ0v) is 16.9. The molecule has 9 nitrogen and oxygen atoms in total. The second kappa shape index (κ2) is 8.65. The van der Waals surface area contributed by atoms with E-state index in [9.17, 15) is 14.9 Å². The summed E-state index contributed by atoms with van der Waals surface area (Å²) in [6, 6.07) is 11.9. The van der Waals surface area contributed by atoms with E-state index in [1.165, 1.54) is 23.6 Å². The highest BCUT2D eigenvalue weighted by atomic mass is 32.1. The SMILES string of the molecule is C[C@H](Nc1nc2ccccc2s1)C(=O)N/N=C\c1ccc(N(C)C)c([N+](=O)[O-])c1. The normalized spacial score (nSPS) is 12.1. The van der Waals surface area contributed by atoms with Gasteiger partial charge in [0.25, 0.3) is 11.6 Å². The number of rotatable bonds is 7. The van der Waals surface area contributed by atoms with Crippen molar-refractivity contribution >= 4 is 50.2 Å². The topological polar surface area (TPSA) is 113 Å². The number of carbonyl (C=O) groups is 1. The minimum absolute atomic E-state index is 0.0313. The largest absolute Gasteiger partial charge is 0.372 e. The molecule has 0 saturated carbocycles. The van der Waals surface area contributed by atoms with Gasteiger partial charge in [-0.3, -0.25) is 14.9 Å². The molecule has 2 N–H and O–H groups in total. The number of nitro groups is 1. The number of thiazole rings is 1. The van der Waals surface area contributed by atoms with E-state index in [0.717, 1.165) is 10.2 Å². The number of hydrazone groups is 1. The first-order valence-electron chi connectivity index (χ1n) is 8.76. The van der Waals surface area contributed by atoms with Crippen molar-refractivity contribution in [1.29, 1.82) is 0 Å². The van der Waals surface area contributed by atoms with E-state index in [4.69, 9.17) is 0 Å². The first-order chi connectivity index (χ1) is 13.8. The second-order valence-corrected chi connectivity index (χ2v) is 7.52. The van der Waals surface area contributed by atoms with E-state index in [-0.39, 0.29) is 11.6 Å². The molecule has 0 radical (unpaired) electrons. The van der Waals surface area contributed by atoms with Crippen LogP contribution >= 0.6 is 11.3 Å². The maximum atomic E-state index is 12.2. The lowest BCUT2D eigenvalue weighted by atomic mass is 10.2. The average molecular weight is 412 g/mol. The molecule has 1 amide bonds. The quantitative estimate of drug-likeness (QED) is 0.350. The fraction of sp³-hybridized carbons (Fsp3) is 0.211. The van der Waals surface area contributed by atoms with Gasteiger partial charge < -0.3 is 10.2 Å². The Bertz CT molecular complexity index is 1050. The smallest absolute Gasteiger partial charge is 0.293 e. The highest BCUT2D eigenvalue weighted by Gasteiger charge is 2.16. The Balaban J connectivity index is 1.62. The average Bonchev–Trinajstić information content (AvgIpc) is 3.09. The molecule has 3 aromatic rings. The van der Waals surface area contributed by atoms with E-state index < -0.39 is 11.0 Å². The standard InChI is InChI=1S/C19H20N6O3S/c1-12(21-19-22-14-6-4-5-7-17(14)29-19)18(26)23-20-11-13-8-9-15(24(2)3)16(10-13)25(27)28/h4-12H,1-3H3,(H,21,22)(H,23,26)/b20-11-/t12-/m0/s1. The molecule has 3 rings (SSSR count). The summed E-state index contributed by atoms with van der Waals surface area (Å²) in [5.74, 6) is -0.347. The van der Waals surface area contributed by atoms with Gasteiger partial charge in [-0.15, -0.1) is 0 Å². The molecule has 29 heavy (non-hydrogen) atoms. The van der Waals surface area contributed by atoms with Gasteiger partial charge in [-0.25, -0.2) is 10.4 Å². The molecule has 0 aliphatic rings. The predicted octanol–water partition coefficient (Wildman–Crippen LogP) is 3.22. The van der Waals surface area contributed by atoms with Crippen LogP contribution < -0.4 is 15.6 Å². The number of nitrogens with zero attached hydrogens (tertiary/aromatic N) is 4. The maximum Gasteiger partial charge on any atom is 0.293 e. The second-order valence-electron chi connectivity index (χ2n) is 6.49. The summed E-state index contributed by atoms with van der Waals surface area (Å²) in [5, 5.41) is 18.8. The summed E-state index contributed by atoms with van der Waals surface area (Å²) in [7, 11) is 3.46. The lowest BCUT2D eigenvalue weighted by Crippen LogP contribution is -2.34. The van der Waals surface area contributed by atoms with Crippen LogP contribution in [-0.2, 0) is 4.79 Å². The van der Waals surface area contributed by atoms with Gasteiger partial charge in [0.15, 0.2) is 5.13 Å². The van der Waals surface area contributed by atoms with Gasteiger partial charge >= 0.3 is 0 Å². The number of amides is 1. The lowest BCUT2D eigenvalue weighted by Gasteiger charge is -2.12. The highest BCUT2D eigenvalue weighted by Crippen LogP contribution is 2.27. The molecule has 0 bridgehead atoms. The fourth-order valence-electron chi connectivity index (χ4n) is 2.60. The van der Waals surface area contributed by atoms with Gasteiger partial charge in [-0.05, 0) is 25.1 Å². The van der Waals surface area contributed by atoms with Gasteiger partial charge in [0.2, 0.25) is 0 Å². The summed E-state index contributed by atoms with van der Waals surface area (Å²) in [6.07, 6.45) is 1.37. The van der Waals surface area contributed by atoms with Gasteiger partial charge in [0.1, 0.15) is 11.7 Å². The molecule has 0 spiro atoms. The van der Waals surface area contributed by atoms with Gasteiger partial charge in [0, 0.05) is 25.7 Å². The minimum Gasteiger partial charge on any atom is -0.372 e. The Hall–Kier alpha value is -3.53. The van der Waals surface area contributed by atoms with Crippen LogP contribution in [0.1, 0.15) is 12.5 Å². The fourth-order valence-corrected chi connectivity index (χ4v) is 3.55. The van der Waals surface area contributed by atoms with Crippen LogP contribution in [0.15, 0.2) is 47.6 Å². The molecule has 10 heteroatoms. The Morgan fingerprint density at radius 1 is 1.31 bits per heavy atom. The molecule has 1 aromatic heterocycles. The molecule has 1 atom stereocenters. The number of aromatic nitrogens is 1. The van der Waals surface area contributed by atoms with Crippen LogP contribution in [0, 0.1) is 10.1 Å². The van der Waals surface area contributed by atoms with E-state index in [0.29, 0.717) is 16.4 Å². The number of nitro benzene ring substituents is 1. The molecule has 150 valence electrons. The summed E-state index contributed by atoms with van der Waals surface area (Å²) in [4.78, 5) is 29.1. The van der Waals surface area contributed by atoms with Crippen molar-refractivity contribution in [3.8, 4) is 0 Å². The van der Waals surface area contributed by atoms with Crippen molar-refractivity contribution in [2.75, 3.05) is 24.3 Å². The Labute approximate surface area is 171 Å². The van der Waals surface area contributed by atoms with Crippen molar-refractivity contribution in [3.05, 3.63) is 58.1 Å². The number of hydrogen-bond donors (Lipinski definition) is 2. The highest BCUT2D eigenvalue weighted by molar-refractivity contribution is 7.22. The number of nitrogens with one attached hydrogen (secondary N) is 2. The third kappa shape index (κ3) is 4.85. The van der Waals surface area contributed by atoms with Crippen LogP contribution in [0.4, 0.5) is 16.5 Å². The van der Waals surface area contributed by atoms with Crippen molar-refractivity contribution in [1.82, 2.24) is 10.4 Å². The van der Waals surface area contributed by atoms with E-state index in [1.807, 2.05) is 24.3 Å². The molecule has 2 aromatic carbocycles. The molecular weight excluding hydrogens is 392 g/mol. The Kier molecular flexibility index (Phi) is 6.03. The maximum absolute atomic E-state index is 12.2. The van der Waals surface area contributed by atoms with Crippen molar-refractivity contribution < 1.29 is 9.72 Å². The Morgan fingerprint density at radius 3 is 2.76 bits per heavy atom. The van der Waals surface area contributed by atoms with Crippen LogP contribution in [0.2, 0.25) is 0 Å². The number of para-hydroxylation sites is 1.